The van der Waals surface area contributed by atoms with Crippen molar-refractivity contribution in [2.75, 3.05) is 32.7 Å². The second-order valence-corrected chi connectivity index (χ2v) is 9.96. The molecule has 5 fully saturated rings. The smallest absolute Gasteiger partial charge is 0.315 e. The van der Waals surface area contributed by atoms with E-state index in [0.717, 1.165) is 76.0 Å². The van der Waals surface area contributed by atoms with Crippen molar-refractivity contribution in [2.45, 2.75) is 70.3 Å². The first kappa shape index (κ1) is 22.7. The Morgan fingerprint density at radius 3 is 2.14 bits per heavy atom. The number of carbonyl (C=O) groups excluding carboxylic acids is 2. The topological polar surface area (TPSA) is 73.5 Å². The van der Waals surface area contributed by atoms with Gasteiger partial charge in [-0.15, -0.1) is 12.4 Å². The number of hydrogen-bond donors (Lipinski definition) is 3. The van der Waals surface area contributed by atoms with Crippen LogP contribution in [0.5, 0.6) is 0 Å². The van der Waals surface area contributed by atoms with Gasteiger partial charge < -0.3 is 20.9 Å². The number of likely N-dealkylation sites (tertiary alicyclic amines) is 1. The van der Waals surface area contributed by atoms with E-state index in [0.29, 0.717) is 18.9 Å². The van der Waals surface area contributed by atoms with Gasteiger partial charge >= 0.3 is 6.03 Å². The predicted molar refractivity (Wildman–Crippen MR) is 117 cm³/mol. The third-order valence-electron chi connectivity index (χ3n) is 7.69. The molecule has 1 aliphatic heterocycles. The second kappa shape index (κ2) is 9.86. The van der Waals surface area contributed by atoms with Crippen molar-refractivity contribution < 1.29 is 9.59 Å². The van der Waals surface area contributed by atoms with Crippen molar-refractivity contribution in [3.63, 3.8) is 0 Å². The number of urea groups is 1. The van der Waals surface area contributed by atoms with Gasteiger partial charge in [0.1, 0.15) is 0 Å². The van der Waals surface area contributed by atoms with Crippen molar-refractivity contribution in [1.82, 2.24) is 20.9 Å². The minimum absolute atomic E-state index is 0. The molecule has 4 aliphatic carbocycles. The molecule has 7 heteroatoms. The Morgan fingerprint density at radius 2 is 1.59 bits per heavy atom. The molecule has 1 saturated heterocycles. The lowest BCUT2D eigenvalue weighted by molar-refractivity contribution is -0.132. The Balaban J connectivity index is 0.00000240. The van der Waals surface area contributed by atoms with Crippen LogP contribution in [0.3, 0.4) is 0 Å². The fourth-order valence-electron chi connectivity index (χ4n) is 6.72. The van der Waals surface area contributed by atoms with E-state index >= 15 is 0 Å². The summed E-state index contributed by atoms with van der Waals surface area (Å²) in [5.41, 5.74) is 0.0389. The monoisotopic (exact) mass is 426 g/mol. The van der Waals surface area contributed by atoms with Crippen LogP contribution in [0.4, 0.5) is 4.79 Å². The molecule has 6 nitrogen and oxygen atoms in total. The van der Waals surface area contributed by atoms with Gasteiger partial charge in [0.05, 0.1) is 0 Å². The molecular weight excluding hydrogens is 388 g/mol. The van der Waals surface area contributed by atoms with Gasteiger partial charge in [0.25, 0.3) is 0 Å². The normalized spacial score (nSPS) is 33.3. The maximum Gasteiger partial charge on any atom is 0.315 e. The average Bonchev–Trinajstić information content (AvgIpc) is 2.65. The van der Waals surface area contributed by atoms with Gasteiger partial charge in [0, 0.05) is 31.6 Å². The highest BCUT2D eigenvalue weighted by atomic mass is 35.5. The molecule has 0 unspecified atom stereocenters. The lowest BCUT2D eigenvalue weighted by Gasteiger charge is -2.56. The summed E-state index contributed by atoms with van der Waals surface area (Å²) >= 11 is 0. The number of halogens is 1. The summed E-state index contributed by atoms with van der Waals surface area (Å²) in [7, 11) is 0. The summed E-state index contributed by atoms with van der Waals surface area (Å²) in [6, 6.07) is -0.0703. The number of carbonyl (C=O) groups is 2. The van der Waals surface area contributed by atoms with Crippen molar-refractivity contribution in [1.29, 1.82) is 0 Å². The highest BCUT2D eigenvalue weighted by Gasteiger charge is 2.51. The molecule has 0 aromatic rings. The number of amides is 3. The molecular formula is C22H39ClN4O2. The Kier molecular flexibility index (Phi) is 7.71. The minimum Gasteiger partial charge on any atom is -0.343 e. The number of nitrogens with zero attached hydrogens (tertiary/aromatic N) is 1. The number of piperidine rings is 1. The van der Waals surface area contributed by atoms with E-state index in [1.807, 2.05) is 4.90 Å². The quantitative estimate of drug-likeness (QED) is 0.586. The molecule has 5 aliphatic rings. The fourth-order valence-corrected chi connectivity index (χ4v) is 6.72. The van der Waals surface area contributed by atoms with Crippen LogP contribution < -0.4 is 16.0 Å². The maximum atomic E-state index is 12.5. The molecule has 3 N–H and O–H groups in total. The van der Waals surface area contributed by atoms with Crippen molar-refractivity contribution in [3.05, 3.63) is 0 Å². The number of rotatable bonds is 7. The maximum absolute atomic E-state index is 12.5. The third-order valence-corrected chi connectivity index (χ3v) is 7.69. The average molecular weight is 427 g/mol. The van der Waals surface area contributed by atoms with Gasteiger partial charge in [-0.3, -0.25) is 4.79 Å². The van der Waals surface area contributed by atoms with Gasteiger partial charge in [-0.1, -0.05) is 6.92 Å². The molecule has 0 aromatic carbocycles. The van der Waals surface area contributed by atoms with E-state index in [2.05, 4.69) is 22.9 Å². The summed E-state index contributed by atoms with van der Waals surface area (Å²) in [6.45, 7) is 6.35. The standard InChI is InChI=1S/C22H38N4O2.ClH/c1-2-23-15-16-4-7-26(8-5-16)20(27)3-6-24-21(28)25-22-12-17-9-18(13-22)11-19(10-17)14-22;/h16-19,23H,2-15H2,1H3,(H2,24,25,28);1H. The second-order valence-electron chi connectivity index (χ2n) is 9.96. The lowest BCUT2D eigenvalue weighted by atomic mass is 9.53. The first-order valence-electron chi connectivity index (χ1n) is 11.6. The Morgan fingerprint density at radius 1 is 1.00 bits per heavy atom. The zero-order valence-electron chi connectivity index (χ0n) is 17.9. The highest BCUT2D eigenvalue weighted by Crippen LogP contribution is 2.55. The minimum atomic E-state index is -0.0703. The van der Waals surface area contributed by atoms with E-state index in [1.165, 1.54) is 19.3 Å². The molecule has 3 amide bonds. The molecule has 0 radical (unpaired) electrons. The Labute approximate surface area is 181 Å². The van der Waals surface area contributed by atoms with Crippen molar-refractivity contribution in [2.24, 2.45) is 23.7 Å². The van der Waals surface area contributed by atoms with Crippen LogP contribution in [0.1, 0.15) is 64.7 Å². The van der Waals surface area contributed by atoms with Crippen LogP contribution in [0.25, 0.3) is 0 Å². The number of hydrogen-bond acceptors (Lipinski definition) is 3. The highest BCUT2D eigenvalue weighted by molar-refractivity contribution is 5.85. The number of nitrogens with one attached hydrogen (secondary N) is 3. The Hall–Kier alpha value is -1.01. The van der Waals surface area contributed by atoms with Crippen LogP contribution in [-0.4, -0.2) is 55.1 Å². The van der Waals surface area contributed by atoms with E-state index in [-0.39, 0.29) is 29.9 Å². The van der Waals surface area contributed by atoms with Gasteiger partial charge in [0.2, 0.25) is 5.91 Å². The SMILES string of the molecule is CCNCC1CCN(C(=O)CCNC(=O)NC23CC4CC(CC(C4)C2)C3)CC1.Cl. The van der Waals surface area contributed by atoms with Crippen LogP contribution >= 0.6 is 12.4 Å². The van der Waals surface area contributed by atoms with Crippen LogP contribution in [-0.2, 0) is 4.79 Å². The van der Waals surface area contributed by atoms with E-state index in [4.69, 9.17) is 0 Å². The summed E-state index contributed by atoms with van der Waals surface area (Å²) in [5.74, 6) is 3.33. The molecule has 0 atom stereocenters. The van der Waals surface area contributed by atoms with Gasteiger partial charge in [-0.25, -0.2) is 4.79 Å². The van der Waals surface area contributed by atoms with E-state index in [1.54, 1.807) is 0 Å². The first-order chi connectivity index (χ1) is 13.5. The summed E-state index contributed by atoms with van der Waals surface area (Å²) in [4.78, 5) is 26.9. The Bertz CT molecular complexity index is 542. The molecule has 4 saturated carbocycles. The van der Waals surface area contributed by atoms with Crippen LogP contribution in [0, 0.1) is 23.7 Å². The van der Waals surface area contributed by atoms with Crippen molar-refractivity contribution >= 4 is 24.3 Å². The van der Waals surface area contributed by atoms with Crippen LogP contribution in [0.15, 0.2) is 0 Å². The van der Waals surface area contributed by atoms with Crippen molar-refractivity contribution in [3.8, 4) is 0 Å². The van der Waals surface area contributed by atoms with E-state index < -0.39 is 0 Å². The molecule has 4 bridgehead atoms. The van der Waals surface area contributed by atoms with Crippen LogP contribution in [0.2, 0.25) is 0 Å². The van der Waals surface area contributed by atoms with Gasteiger partial charge in [0.15, 0.2) is 0 Å². The third kappa shape index (κ3) is 5.57. The summed E-state index contributed by atoms with van der Waals surface area (Å²) in [5, 5.41) is 9.68. The molecule has 166 valence electrons. The zero-order chi connectivity index (χ0) is 19.6. The largest absolute Gasteiger partial charge is 0.343 e. The molecule has 1 heterocycles. The summed E-state index contributed by atoms with van der Waals surface area (Å²) < 4.78 is 0. The molecule has 0 aromatic heterocycles. The molecule has 0 spiro atoms. The fraction of sp³-hybridized carbons (Fsp3) is 0.909. The zero-order valence-corrected chi connectivity index (χ0v) is 18.7. The van der Waals surface area contributed by atoms with Gasteiger partial charge in [-0.2, -0.15) is 0 Å². The summed E-state index contributed by atoms with van der Waals surface area (Å²) in [6.07, 6.45) is 10.2. The molecule has 5 rings (SSSR count). The molecule has 29 heavy (non-hydrogen) atoms. The first-order valence-corrected chi connectivity index (χ1v) is 11.6. The lowest BCUT2D eigenvalue weighted by Crippen LogP contribution is -2.61. The van der Waals surface area contributed by atoms with Gasteiger partial charge in [-0.05, 0) is 88.1 Å². The predicted octanol–water partition coefficient (Wildman–Crippen LogP) is 2.91. The van der Waals surface area contributed by atoms with E-state index in [9.17, 15) is 9.59 Å².